The molecular formula is C22H20F2N4O. The Kier molecular flexibility index (Phi) is 5.37. The van der Waals surface area contributed by atoms with Gasteiger partial charge in [-0.1, -0.05) is 18.2 Å². The summed E-state index contributed by atoms with van der Waals surface area (Å²) in [5.74, 6) is -1.58. The van der Waals surface area contributed by atoms with E-state index in [1.54, 1.807) is 12.1 Å². The van der Waals surface area contributed by atoms with Crippen molar-refractivity contribution in [3.8, 4) is 0 Å². The maximum absolute atomic E-state index is 13.3. The van der Waals surface area contributed by atoms with Gasteiger partial charge in [0, 0.05) is 49.8 Å². The average Bonchev–Trinajstić information content (AvgIpc) is 2.77. The van der Waals surface area contributed by atoms with Gasteiger partial charge in [0.1, 0.15) is 5.82 Å². The van der Waals surface area contributed by atoms with Crippen molar-refractivity contribution in [3.63, 3.8) is 0 Å². The third kappa shape index (κ3) is 4.34. The van der Waals surface area contributed by atoms with Gasteiger partial charge >= 0.3 is 0 Å². The van der Waals surface area contributed by atoms with Crippen LogP contribution in [0.15, 0.2) is 66.9 Å². The highest BCUT2D eigenvalue weighted by molar-refractivity contribution is 6.04. The zero-order valence-corrected chi connectivity index (χ0v) is 15.7. The highest BCUT2D eigenvalue weighted by Crippen LogP contribution is 2.20. The molecule has 2 heterocycles. The van der Waals surface area contributed by atoms with Crippen LogP contribution in [-0.4, -0.2) is 37.1 Å². The number of para-hydroxylation sites is 1. The summed E-state index contributed by atoms with van der Waals surface area (Å²) in [5, 5.41) is 2.54. The largest absolute Gasteiger partial charge is 0.368 e. The van der Waals surface area contributed by atoms with Crippen molar-refractivity contribution in [2.45, 2.75) is 0 Å². The smallest absolute Gasteiger partial charge is 0.257 e. The molecule has 1 aromatic heterocycles. The number of hydrogen-bond acceptors (Lipinski definition) is 4. The minimum absolute atomic E-state index is 0.190. The van der Waals surface area contributed by atoms with Crippen molar-refractivity contribution in [1.29, 1.82) is 0 Å². The van der Waals surface area contributed by atoms with Crippen LogP contribution in [0.5, 0.6) is 0 Å². The second-order valence-electron chi connectivity index (χ2n) is 6.80. The van der Waals surface area contributed by atoms with E-state index >= 15 is 0 Å². The zero-order valence-electron chi connectivity index (χ0n) is 15.7. The summed E-state index contributed by atoms with van der Waals surface area (Å²) in [6, 6.07) is 17.0. The molecule has 0 unspecified atom stereocenters. The SMILES string of the molecule is O=C(Nc1ccc(F)c(F)c1)c1ccc(N2CCN(c3ccccc3)CC2)nc1. The van der Waals surface area contributed by atoms with Gasteiger partial charge in [0.25, 0.3) is 5.91 Å². The van der Waals surface area contributed by atoms with Gasteiger partial charge in [-0.15, -0.1) is 0 Å². The summed E-state index contributed by atoms with van der Waals surface area (Å²) >= 11 is 0. The van der Waals surface area contributed by atoms with Gasteiger partial charge in [0.15, 0.2) is 11.6 Å². The third-order valence-electron chi connectivity index (χ3n) is 4.91. The molecule has 1 aliphatic heterocycles. The minimum Gasteiger partial charge on any atom is -0.368 e. The molecule has 3 aromatic rings. The molecule has 0 spiro atoms. The van der Waals surface area contributed by atoms with Gasteiger partial charge in [0.2, 0.25) is 0 Å². The number of carbonyl (C=O) groups is 1. The highest BCUT2D eigenvalue weighted by Gasteiger charge is 2.18. The first-order valence-corrected chi connectivity index (χ1v) is 9.37. The maximum atomic E-state index is 13.3. The van der Waals surface area contributed by atoms with Crippen LogP contribution in [0.2, 0.25) is 0 Å². The molecule has 0 aliphatic carbocycles. The molecule has 1 fully saturated rings. The Hall–Kier alpha value is -3.48. The molecule has 1 N–H and O–H groups in total. The standard InChI is InChI=1S/C22H20F2N4O/c23-19-8-7-17(14-20(19)24)26-22(29)16-6-9-21(25-15-16)28-12-10-27(11-13-28)18-4-2-1-3-5-18/h1-9,14-15H,10-13H2,(H,26,29). The molecule has 5 nitrogen and oxygen atoms in total. The van der Waals surface area contributed by atoms with Gasteiger partial charge in [-0.3, -0.25) is 4.79 Å². The van der Waals surface area contributed by atoms with Gasteiger partial charge in [-0.05, 0) is 36.4 Å². The summed E-state index contributed by atoms with van der Waals surface area (Å²) in [5.41, 5.74) is 1.75. The Morgan fingerprint density at radius 2 is 1.59 bits per heavy atom. The number of rotatable bonds is 4. The second-order valence-corrected chi connectivity index (χ2v) is 6.80. The Labute approximate surface area is 167 Å². The molecule has 7 heteroatoms. The lowest BCUT2D eigenvalue weighted by molar-refractivity contribution is 0.102. The predicted octanol–water partition coefficient (Wildman–Crippen LogP) is 3.94. The van der Waals surface area contributed by atoms with Crippen LogP contribution in [0.4, 0.5) is 26.0 Å². The molecular weight excluding hydrogens is 374 g/mol. The number of pyridine rings is 1. The van der Waals surface area contributed by atoms with E-state index in [2.05, 4.69) is 32.2 Å². The Morgan fingerprint density at radius 3 is 2.24 bits per heavy atom. The number of hydrogen-bond donors (Lipinski definition) is 1. The molecule has 1 saturated heterocycles. The fourth-order valence-corrected chi connectivity index (χ4v) is 3.32. The lowest BCUT2D eigenvalue weighted by Gasteiger charge is -2.36. The molecule has 4 rings (SSSR count). The van der Waals surface area contributed by atoms with Crippen molar-refractivity contribution >= 4 is 23.1 Å². The van der Waals surface area contributed by atoms with E-state index in [4.69, 9.17) is 0 Å². The molecule has 1 amide bonds. The zero-order chi connectivity index (χ0) is 20.2. The topological polar surface area (TPSA) is 48.5 Å². The fourth-order valence-electron chi connectivity index (χ4n) is 3.32. The first kappa shape index (κ1) is 18.9. The van der Waals surface area contributed by atoms with E-state index in [9.17, 15) is 13.6 Å². The van der Waals surface area contributed by atoms with Crippen LogP contribution in [0, 0.1) is 11.6 Å². The first-order valence-electron chi connectivity index (χ1n) is 9.37. The van der Waals surface area contributed by atoms with E-state index in [0.29, 0.717) is 5.56 Å². The fraction of sp³-hybridized carbons (Fsp3) is 0.182. The van der Waals surface area contributed by atoms with E-state index in [1.807, 2.05) is 18.2 Å². The summed E-state index contributed by atoms with van der Waals surface area (Å²) < 4.78 is 26.3. The van der Waals surface area contributed by atoms with Crippen molar-refractivity contribution < 1.29 is 13.6 Å². The van der Waals surface area contributed by atoms with E-state index < -0.39 is 17.5 Å². The van der Waals surface area contributed by atoms with Crippen molar-refractivity contribution in [3.05, 3.63) is 84.1 Å². The Balaban J connectivity index is 1.36. The molecule has 1 aliphatic rings. The van der Waals surface area contributed by atoms with E-state index in [0.717, 1.165) is 44.1 Å². The summed E-state index contributed by atoms with van der Waals surface area (Å²) in [4.78, 5) is 21.2. The Bertz CT molecular complexity index is 987. The number of carbonyl (C=O) groups excluding carboxylic acids is 1. The van der Waals surface area contributed by atoms with Crippen LogP contribution in [0.3, 0.4) is 0 Å². The van der Waals surface area contributed by atoms with Crippen LogP contribution in [0.25, 0.3) is 0 Å². The van der Waals surface area contributed by atoms with Gasteiger partial charge in [0.05, 0.1) is 5.56 Å². The number of halogens is 2. The normalized spacial score (nSPS) is 14.0. The number of piperazine rings is 1. The average molecular weight is 394 g/mol. The summed E-state index contributed by atoms with van der Waals surface area (Å²) in [6.45, 7) is 3.46. The van der Waals surface area contributed by atoms with E-state index in [-0.39, 0.29) is 5.69 Å². The van der Waals surface area contributed by atoms with Crippen LogP contribution in [-0.2, 0) is 0 Å². The van der Waals surface area contributed by atoms with Crippen molar-refractivity contribution in [2.75, 3.05) is 41.3 Å². The quantitative estimate of drug-likeness (QED) is 0.728. The van der Waals surface area contributed by atoms with Gasteiger partial charge < -0.3 is 15.1 Å². The van der Waals surface area contributed by atoms with Crippen molar-refractivity contribution in [2.24, 2.45) is 0 Å². The number of aromatic nitrogens is 1. The third-order valence-corrected chi connectivity index (χ3v) is 4.91. The lowest BCUT2D eigenvalue weighted by Crippen LogP contribution is -2.46. The van der Waals surface area contributed by atoms with Gasteiger partial charge in [-0.2, -0.15) is 0 Å². The molecule has 0 atom stereocenters. The number of amides is 1. The second kappa shape index (κ2) is 8.26. The summed E-state index contributed by atoms with van der Waals surface area (Å²) in [7, 11) is 0. The van der Waals surface area contributed by atoms with Crippen LogP contribution < -0.4 is 15.1 Å². The lowest BCUT2D eigenvalue weighted by atomic mass is 10.2. The molecule has 2 aromatic carbocycles. The summed E-state index contributed by atoms with van der Waals surface area (Å²) in [6.07, 6.45) is 1.49. The van der Waals surface area contributed by atoms with Gasteiger partial charge in [-0.25, -0.2) is 13.8 Å². The molecule has 0 bridgehead atoms. The predicted molar refractivity (Wildman–Crippen MR) is 109 cm³/mol. The molecule has 0 saturated carbocycles. The minimum atomic E-state index is -1.01. The number of anilines is 3. The number of benzene rings is 2. The molecule has 0 radical (unpaired) electrons. The number of nitrogens with zero attached hydrogens (tertiary/aromatic N) is 3. The Morgan fingerprint density at radius 1 is 0.862 bits per heavy atom. The highest BCUT2D eigenvalue weighted by atomic mass is 19.2. The van der Waals surface area contributed by atoms with Crippen molar-refractivity contribution in [1.82, 2.24) is 4.98 Å². The molecule has 29 heavy (non-hydrogen) atoms. The monoisotopic (exact) mass is 394 g/mol. The van der Waals surface area contributed by atoms with Crippen LogP contribution >= 0.6 is 0 Å². The first-order chi connectivity index (χ1) is 14.1. The number of nitrogens with one attached hydrogen (secondary N) is 1. The maximum Gasteiger partial charge on any atom is 0.257 e. The molecule has 148 valence electrons. The van der Waals surface area contributed by atoms with Crippen LogP contribution in [0.1, 0.15) is 10.4 Å². The van der Waals surface area contributed by atoms with E-state index in [1.165, 1.54) is 18.0 Å².